The van der Waals surface area contributed by atoms with Gasteiger partial charge in [-0.15, -0.1) is 0 Å². The van der Waals surface area contributed by atoms with Crippen molar-refractivity contribution in [2.75, 3.05) is 26.0 Å². The van der Waals surface area contributed by atoms with Crippen LogP contribution in [-0.4, -0.2) is 44.0 Å². The predicted octanol–water partition coefficient (Wildman–Crippen LogP) is -0.908. The van der Waals surface area contributed by atoms with Crippen molar-refractivity contribution in [3.8, 4) is 0 Å². The highest BCUT2D eigenvalue weighted by molar-refractivity contribution is 7.85. The summed E-state index contributed by atoms with van der Waals surface area (Å²) in [4.78, 5) is 0. The lowest BCUT2D eigenvalue weighted by molar-refractivity contribution is 0.293. The second-order valence-electron chi connectivity index (χ2n) is 1.81. The lowest BCUT2D eigenvalue weighted by Gasteiger charge is -1.91. The number of hydrogen-bond donors (Lipinski definition) is 3. The van der Waals surface area contributed by atoms with E-state index in [0.717, 1.165) is 13.1 Å². The van der Waals surface area contributed by atoms with Crippen LogP contribution in [0.5, 0.6) is 0 Å². The number of rotatable bonds is 3. The van der Waals surface area contributed by atoms with Gasteiger partial charge in [0.25, 0.3) is 10.1 Å². The van der Waals surface area contributed by atoms with Crippen LogP contribution in [0.2, 0.25) is 0 Å². The quantitative estimate of drug-likeness (QED) is 0.391. The maximum Gasteiger partial charge on any atom is 0.261 e. The number of aliphatic hydroxyl groups is 1. The van der Waals surface area contributed by atoms with Crippen molar-refractivity contribution in [3.63, 3.8) is 0 Å². The predicted molar refractivity (Wildman–Crippen MR) is 43.1 cm³/mol. The van der Waals surface area contributed by atoms with E-state index in [0.29, 0.717) is 6.26 Å². The molecule has 0 radical (unpaired) electrons. The van der Waals surface area contributed by atoms with Crippen molar-refractivity contribution in [3.05, 3.63) is 0 Å². The Morgan fingerprint density at radius 3 is 1.91 bits per heavy atom. The van der Waals surface area contributed by atoms with Crippen molar-refractivity contribution in [1.29, 1.82) is 0 Å². The van der Waals surface area contributed by atoms with Gasteiger partial charge in [0.2, 0.25) is 0 Å². The molecular formula is C5H15NO4S. The van der Waals surface area contributed by atoms with E-state index in [-0.39, 0.29) is 6.61 Å². The average Bonchev–Trinajstić information content (AvgIpc) is 1.79. The molecule has 0 saturated heterocycles. The SMILES string of the molecule is CCNCCO.CS(=O)(=O)O. The molecule has 0 amide bonds. The van der Waals surface area contributed by atoms with E-state index in [9.17, 15) is 8.42 Å². The molecule has 0 unspecified atom stereocenters. The largest absolute Gasteiger partial charge is 0.395 e. The molecule has 0 aliphatic rings. The van der Waals surface area contributed by atoms with Crippen molar-refractivity contribution in [1.82, 2.24) is 5.32 Å². The van der Waals surface area contributed by atoms with Crippen molar-refractivity contribution in [2.24, 2.45) is 0 Å². The first-order chi connectivity index (χ1) is 4.91. The minimum Gasteiger partial charge on any atom is -0.395 e. The first kappa shape index (κ1) is 13.4. The third-order valence-electron chi connectivity index (χ3n) is 0.539. The molecule has 0 aromatic rings. The molecule has 0 aromatic heterocycles. The Morgan fingerprint density at radius 1 is 1.45 bits per heavy atom. The number of nitrogens with one attached hydrogen (secondary N) is 1. The van der Waals surface area contributed by atoms with Crippen molar-refractivity contribution < 1.29 is 18.1 Å². The van der Waals surface area contributed by atoms with Gasteiger partial charge in [-0.1, -0.05) is 6.92 Å². The van der Waals surface area contributed by atoms with Gasteiger partial charge >= 0.3 is 0 Å². The minimum absolute atomic E-state index is 0.244. The van der Waals surface area contributed by atoms with Gasteiger partial charge in [-0.3, -0.25) is 4.55 Å². The average molecular weight is 185 g/mol. The van der Waals surface area contributed by atoms with Crippen LogP contribution in [0.4, 0.5) is 0 Å². The molecule has 70 valence electrons. The molecule has 0 aromatic carbocycles. The summed E-state index contributed by atoms with van der Waals surface area (Å²) in [5, 5.41) is 11.1. The fourth-order valence-electron chi connectivity index (χ4n) is 0.256. The maximum atomic E-state index is 9.19. The van der Waals surface area contributed by atoms with Gasteiger partial charge in [-0.25, -0.2) is 0 Å². The van der Waals surface area contributed by atoms with Crippen LogP contribution in [0.25, 0.3) is 0 Å². The summed E-state index contributed by atoms with van der Waals surface area (Å²) in [5.74, 6) is 0. The molecule has 0 saturated carbocycles. The number of hydrogen-bond acceptors (Lipinski definition) is 4. The fraction of sp³-hybridized carbons (Fsp3) is 1.00. The zero-order valence-corrected chi connectivity index (χ0v) is 7.56. The standard InChI is InChI=1S/C4H11NO.CH4O3S/c1-2-5-3-4-6;1-5(2,3)4/h5-6H,2-4H2,1H3;1H3,(H,2,3,4). The van der Waals surface area contributed by atoms with Crippen LogP contribution < -0.4 is 5.32 Å². The Kier molecular flexibility index (Phi) is 9.68. The van der Waals surface area contributed by atoms with Gasteiger partial charge < -0.3 is 10.4 Å². The van der Waals surface area contributed by atoms with Crippen molar-refractivity contribution in [2.45, 2.75) is 6.92 Å². The van der Waals surface area contributed by atoms with Gasteiger partial charge in [-0.05, 0) is 6.54 Å². The molecule has 0 bridgehead atoms. The Labute approximate surface area is 67.2 Å². The summed E-state index contributed by atoms with van der Waals surface area (Å²) in [6.07, 6.45) is 0.715. The smallest absolute Gasteiger partial charge is 0.261 e. The topological polar surface area (TPSA) is 86.6 Å². The monoisotopic (exact) mass is 185 g/mol. The molecular weight excluding hydrogens is 170 g/mol. The Hall–Kier alpha value is -0.170. The normalized spacial score (nSPS) is 10.2. The molecule has 11 heavy (non-hydrogen) atoms. The highest BCUT2D eigenvalue weighted by Gasteiger charge is 1.81. The fourth-order valence-corrected chi connectivity index (χ4v) is 0.256. The minimum atomic E-state index is -3.67. The van der Waals surface area contributed by atoms with E-state index < -0.39 is 10.1 Å². The van der Waals surface area contributed by atoms with E-state index in [4.69, 9.17) is 9.66 Å². The summed E-state index contributed by atoms with van der Waals surface area (Å²) in [6.45, 7) is 3.92. The van der Waals surface area contributed by atoms with Gasteiger partial charge in [0, 0.05) is 6.54 Å². The second kappa shape index (κ2) is 7.93. The maximum absolute atomic E-state index is 9.19. The van der Waals surface area contributed by atoms with Crippen LogP contribution in [-0.2, 0) is 10.1 Å². The molecule has 0 atom stereocenters. The van der Waals surface area contributed by atoms with E-state index in [2.05, 4.69) is 5.32 Å². The lowest BCUT2D eigenvalue weighted by atomic mass is 10.6. The van der Waals surface area contributed by atoms with Gasteiger partial charge in [0.1, 0.15) is 0 Å². The molecule has 3 N–H and O–H groups in total. The highest BCUT2D eigenvalue weighted by Crippen LogP contribution is 1.60. The Bertz CT molecular complexity index is 142. The van der Waals surface area contributed by atoms with E-state index in [1.165, 1.54) is 0 Å². The first-order valence-electron chi connectivity index (χ1n) is 3.15. The van der Waals surface area contributed by atoms with Crippen LogP contribution in [0.1, 0.15) is 6.92 Å². The number of aliphatic hydroxyl groups excluding tert-OH is 1. The zero-order chi connectivity index (χ0) is 9.33. The van der Waals surface area contributed by atoms with E-state index in [1.54, 1.807) is 0 Å². The molecule has 6 heteroatoms. The molecule has 0 fully saturated rings. The molecule has 0 spiro atoms. The summed E-state index contributed by atoms with van der Waals surface area (Å²) in [7, 11) is -3.67. The van der Waals surface area contributed by atoms with Crippen LogP contribution in [0, 0.1) is 0 Å². The summed E-state index contributed by atoms with van der Waals surface area (Å²) in [5.41, 5.74) is 0. The van der Waals surface area contributed by atoms with Crippen LogP contribution >= 0.6 is 0 Å². The van der Waals surface area contributed by atoms with Crippen molar-refractivity contribution >= 4 is 10.1 Å². The molecule has 0 heterocycles. The molecule has 0 rings (SSSR count). The highest BCUT2D eigenvalue weighted by atomic mass is 32.2. The number of likely N-dealkylation sites (N-methyl/N-ethyl adjacent to an activating group) is 1. The Balaban J connectivity index is 0. The molecule has 5 nitrogen and oxygen atoms in total. The molecule has 0 aliphatic carbocycles. The summed E-state index contributed by atoms with van der Waals surface area (Å²) >= 11 is 0. The third kappa shape index (κ3) is 75.2. The zero-order valence-electron chi connectivity index (χ0n) is 6.74. The van der Waals surface area contributed by atoms with Crippen LogP contribution in [0.15, 0.2) is 0 Å². The lowest BCUT2D eigenvalue weighted by Crippen LogP contribution is -2.16. The van der Waals surface area contributed by atoms with E-state index >= 15 is 0 Å². The van der Waals surface area contributed by atoms with E-state index in [1.807, 2.05) is 6.92 Å². The summed E-state index contributed by atoms with van der Waals surface area (Å²) in [6, 6.07) is 0. The van der Waals surface area contributed by atoms with Gasteiger partial charge in [0.05, 0.1) is 12.9 Å². The second-order valence-corrected chi connectivity index (χ2v) is 3.28. The Morgan fingerprint density at radius 2 is 1.82 bits per heavy atom. The summed E-state index contributed by atoms with van der Waals surface area (Å²) < 4.78 is 25.9. The van der Waals surface area contributed by atoms with Gasteiger partial charge in [0.15, 0.2) is 0 Å². The first-order valence-corrected chi connectivity index (χ1v) is 5.00. The van der Waals surface area contributed by atoms with Crippen LogP contribution in [0.3, 0.4) is 0 Å². The third-order valence-corrected chi connectivity index (χ3v) is 0.539. The van der Waals surface area contributed by atoms with Gasteiger partial charge in [-0.2, -0.15) is 8.42 Å². The molecule has 0 aliphatic heterocycles.